The van der Waals surface area contributed by atoms with E-state index in [1.165, 1.54) is 5.69 Å². The fourth-order valence-electron chi connectivity index (χ4n) is 3.76. The number of amides is 3. The molecule has 1 heterocycles. The van der Waals surface area contributed by atoms with Gasteiger partial charge in [0.15, 0.2) is 0 Å². The minimum atomic E-state index is -0.660. The van der Waals surface area contributed by atoms with Gasteiger partial charge in [0.2, 0.25) is 11.8 Å². The van der Waals surface area contributed by atoms with E-state index in [-0.39, 0.29) is 36.6 Å². The second-order valence-electron chi connectivity index (χ2n) is 8.31. The lowest BCUT2D eigenvalue weighted by Crippen LogP contribution is -2.51. The van der Waals surface area contributed by atoms with Crippen molar-refractivity contribution in [2.24, 2.45) is 5.92 Å². The van der Waals surface area contributed by atoms with E-state index in [1.807, 2.05) is 43.0 Å². The first-order chi connectivity index (χ1) is 15.5. The van der Waals surface area contributed by atoms with Crippen LogP contribution in [0, 0.1) is 5.92 Å². The summed E-state index contributed by atoms with van der Waals surface area (Å²) in [5.41, 5.74) is 1.68. The van der Waals surface area contributed by atoms with Gasteiger partial charge in [0, 0.05) is 50.4 Å². The lowest BCUT2D eigenvalue weighted by Gasteiger charge is -2.36. The number of rotatable bonds is 8. The maximum atomic E-state index is 12.7. The molecule has 1 aliphatic rings. The molecule has 0 radical (unpaired) electrons. The largest absolute Gasteiger partial charge is 0.368 e. The van der Waals surface area contributed by atoms with Crippen LogP contribution in [0.3, 0.4) is 0 Å². The molecule has 1 aliphatic heterocycles. The summed E-state index contributed by atoms with van der Waals surface area (Å²) in [4.78, 5) is 41.8. The highest BCUT2D eigenvalue weighted by atomic mass is 16.2. The van der Waals surface area contributed by atoms with Crippen molar-refractivity contribution in [1.29, 1.82) is 0 Å². The Hall–Kier alpha value is -3.35. The van der Waals surface area contributed by atoms with Gasteiger partial charge in [-0.25, -0.2) is 0 Å². The van der Waals surface area contributed by atoms with Crippen LogP contribution in [-0.4, -0.2) is 61.4 Å². The summed E-state index contributed by atoms with van der Waals surface area (Å²) in [6, 6.07) is 18.3. The Labute approximate surface area is 189 Å². The van der Waals surface area contributed by atoms with Crippen LogP contribution in [0.15, 0.2) is 60.7 Å². The molecule has 1 fully saturated rings. The summed E-state index contributed by atoms with van der Waals surface area (Å²) in [6.45, 7) is 6.94. The van der Waals surface area contributed by atoms with Crippen molar-refractivity contribution in [3.63, 3.8) is 0 Å². The Morgan fingerprint density at radius 2 is 1.47 bits per heavy atom. The highest BCUT2D eigenvalue weighted by Crippen LogP contribution is 2.15. The summed E-state index contributed by atoms with van der Waals surface area (Å²) in [5, 5.41) is 5.62. The van der Waals surface area contributed by atoms with Crippen LogP contribution >= 0.6 is 0 Å². The number of piperazine rings is 1. The molecule has 7 nitrogen and oxygen atoms in total. The van der Waals surface area contributed by atoms with Crippen molar-refractivity contribution in [2.45, 2.75) is 26.3 Å². The number of hydrogen-bond acceptors (Lipinski definition) is 4. The van der Waals surface area contributed by atoms with E-state index >= 15 is 0 Å². The predicted molar refractivity (Wildman–Crippen MR) is 125 cm³/mol. The van der Waals surface area contributed by atoms with Crippen molar-refractivity contribution >= 4 is 23.4 Å². The lowest BCUT2D eigenvalue weighted by atomic mass is 10.0. The molecule has 1 saturated heterocycles. The average molecular weight is 437 g/mol. The molecule has 0 saturated carbocycles. The first-order valence-electron chi connectivity index (χ1n) is 11.2. The number of hydrogen-bond donors (Lipinski definition) is 2. The Morgan fingerprint density at radius 3 is 2.06 bits per heavy atom. The Balaban J connectivity index is 1.42. The van der Waals surface area contributed by atoms with Gasteiger partial charge in [-0.3, -0.25) is 14.4 Å². The summed E-state index contributed by atoms with van der Waals surface area (Å²) in [6.07, 6.45) is 0.245. The summed E-state index contributed by atoms with van der Waals surface area (Å²) < 4.78 is 0. The van der Waals surface area contributed by atoms with E-state index in [0.717, 1.165) is 13.1 Å². The third-order valence-corrected chi connectivity index (χ3v) is 5.66. The van der Waals surface area contributed by atoms with Gasteiger partial charge in [-0.1, -0.05) is 50.2 Å². The van der Waals surface area contributed by atoms with Gasteiger partial charge in [-0.05, 0) is 30.2 Å². The Morgan fingerprint density at radius 1 is 0.875 bits per heavy atom. The molecule has 0 bridgehead atoms. The van der Waals surface area contributed by atoms with Crippen LogP contribution in [0.1, 0.15) is 30.6 Å². The maximum absolute atomic E-state index is 12.7. The van der Waals surface area contributed by atoms with E-state index in [4.69, 9.17) is 0 Å². The third-order valence-electron chi connectivity index (χ3n) is 5.66. The number of nitrogens with zero attached hydrogens (tertiary/aromatic N) is 2. The number of benzene rings is 2. The fraction of sp³-hybridized carbons (Fsp3) is 0.400. The summed E-state index contributed by atoms with van der Waals surface area (Å²) >= 11 is 0. The van der Waals surface area contributed by atoms with Crippen molar-refractivity contribution in [1.82, 2.24) is 15.5 Å². The maximum Gasteiger partial charge on any atom is 0.251 e. The summed E-state index contributed by atoms with van der Waals surface area (Å²) in [5.74, 6) is -0.602. The van der Waals surface area contributed by atoms with E-state index in [0.29, 0.717) is 18.7 Å². The van der Waals surface area contributed by atoms with Crippen LogP contribution in [0.25, 0.3) is 0 Å². The quantitative estimate of drug-likeness (QED) is 0.665. The first kappa shape index (κ1) is 23.3. The Kier molecular flexibility index (Phi) is 8.25. The minimum Gasteiger partial charge on any atom is -0.368 e. The Bertz CT molecular complexity index is 894. The number of para-hydroxylation sites is 1. The second-order valence-corrected chi connectivity index (χ2v) is 8.31. The molecule has 2 aromatic carbocycles. The minimum absolute atomic E-state index is 0.0347. The van der Waals surface area contributed by atoms with Gasteiger partial charge in [0.1, 0.15) is 6.04 Å². The van der Waals surface area contributed by atoms with Crippen LogP contribution in [0.4, 0.5) is 5.69 Å². The van der Waals surface area contributed by atoms with E-state index in [1.54, 1.807) is 24.3 Å². The molecule has 3 rings (SSSR count). The predicted octanol–water partition coefficient (Wildman–Crippen LogP) is 2.30. The molecule has 0 spiro atoms. The van der Waals surface area contributed by atoms with Crippen LogP contribution in [0.5, 0.6) is 0 Å². The molecular formula is C25H32N4O3. The van der Waals surface area contributed by atoms with Crippen LogP contribution < -0.4 is 15.5 Å². The molecule has 2 N–H and O–H groups in total. The van der Waals surface area contributed by atoms with Gasteiger partial charge in [-0.2, -0.15) is 0 Å². The van der Waals surface area contributed by atoms with Crippen molar-refractivity contribution in [3.8, 4) is 0 Å². The smallest absolute Gasteiger partial charge is 0.251 e. The van der Waals surface area contributed by atoms with E-state index < -0.39 is 6.04 Å². The molecule has 2 aromatic rings. The number of nitrogens with one attached hydrogen (secondary N) is 2. The zero-order valence-electron chi connectivity index (χ0n) is 18.8. The molecule has 0 aliphatic carbocycles. The number of anilines is 1. The number of carbonyl (C=O) groups excluding carboxylic acids is 3. The molecule has 32 heavy (non-hydrogen) atoms. The van der Waals surface area contributed by atoms with Gasteiger partial charge in [-0.15, -0.1) is 0 Å². The molecule has 7 heteroatoms. The molecule has 170 valence electrons. The fourth-order valence-corrected chi connectivity index (χ4v) is 3.76. The topological polar surface area (TPSA) is 81.8 Å². The van der Waals surface area contributed by atoms with Gasteiger partial charge in [0.25, 0.3) is 5.91 Å². The van der Waals surface area contributed by atoms with Crippen LogP contribution in [0.2, 0.25) is 0 Å². The lowest BCUT2D eigenvalue weighted by molar-refractivity contribution is -0.131. The van der Waals surface area contributed by atoms with Crippen molar-refractivity contribution in [2.75, 3.05) is 37.6 Å². The highest BCUT2D eigenvalue weighted by Gasteiger charge is 2.25. The van der Waals surface area contributed by atoms with Crippen molar-refractivity contribution in [3.05, 3.63) is 66.2 Å². The zero-order valence-corrected chi connectivity index (χ0v) is 18.8. The van der Waals surface area contributed by atoms with Gasteiger partial charge < -0.3 is 20.4 Å². The second kappa shape index (κ2) is 11.3. The van der Waals surface area contributed by atoms with Gasteiger partial charge in [0.05, 0.1) is 0 Å². The highest BCUT2D eigenvalue weighted by molar-refractivity contribution is 5.97. The van der Waals surface area contributed by atoms with Gasteiger partial charge >= 0.3 is 0 Å². The summed E-state index contributed by atoms with van der Waals surface area (Å²) in [7, 11) is 0. The molecule has 1 atom stereocenters. The van der Waals surface area contributed by atoms with Crippen molar-refractivity contribution < 1.29 is 14.4 Å². The molecule has 1 unspecified atom stereocenters. The normalized spacial score (nSPS) is 14.7. The monoisotopic (exact) mass is 436 g/mol. The SMILES string of the molecule is CC(C)C(NC(=O)c1ccccc1)C(=O)NCCC(=O)N1CCN(c2ccccc2)CC1. The van der Waals surface area contributed by atoms with Crippen LogP contribution in [-0.2, 0) is 9.59 Å². The molecular weight excluding hydrogens is 404 g/mol. The molecule has 0 aromatic heterocycles. The average Bonchev–Trinajstić information content (AvgIpc) is 2.83. The van der Waals surface area contributed by atoms with E-state index in [2.05, 4.69) is 27.7 Å². The standard InChI is InChI=1S/C25H32N4O3/c1-19(2)23(27-24(31)20-9-5-3-6-10-20)25(32)26-14-13-22(30)29-17-15-28(16-18-29)21-11-7-4-8-12-21/h3-12,19,23H,13-18H2,1-2H3,(H,26,32)(H,27,31). The number of carbonyl (C=O) groups is 3. The zero-order chi connectivity index (χ0) is 22.9. The first-order valence-corrected chi connectivity index (χ1v) is 11.2. The third kappa shape index (κ3) is 6.33. The molecule has 3 amide bonds. The van der Waals surface area contributed by atoms with E-state index in [9.17, 15) is 14.4 Å².